The van der Waals surface area contributed by atoms with Crippen LogP contribution >= 0.6 is 11.6 Å². The molecule has 36 heavy (non-hydrogen) atoms. The minimum Gasteiger partial charge on any atom is -0.490 e. The minimum atomic E-state index is -4.56. The van der Waals surface area contributed by atoms with E-state index in [4.69, 9.17) is 16.3 Å². The van der Waals surface area contributed by atoms with Gasteiger partial charge in [-0.25, -0.2) is 4.98 Å². The number of aromatic amines is 1. The Morgan fingerprint density at radius 3 is 2.72 bits per heavy atom. The van der Waals surface area contributed by atoms with Crippen molar-refractivity contribution in [2.24, 2.45) is 0 Å². The third-order valence-electron chi connectivity index (χ3n) is 5.46. The number of aliphatic hydroxyl groups is 1. The number of aliphatic hydroxyl groups excluding tert-OH is 1. The van der Waals surface area contributed by atoms with E-state index < -0.39 is 17.8 Å². The van der Waals surface area contributed by atoms with Crippen LogP contribution in [0.2, 0.25) is 5.02 Å². The fourth-order valence-corrected chi connectivity index (χ4v) is 3.75. The molecule has 0 spiro atoms. The second-order valence-electron chi connectivity index (χ2n) is 8.16. The van der Waals surface area contributed by atoms with Gasteiger partial charge < -0.3 is 20.1 Å². The van der Waals surface area contributed by atoms with Crippen molar-refractivity contribution in [2.75, 3.05) is 31.6 Å². The van der Waals surface area contributed by atoms with Gasteiger partial charge >= 0.3 is 12.1 Å². The topological polar surface area (TPSA) is 90.5 Å². The van der Waals surface area contributed by atoms with Crippen LogP contribution in [0.15, 0.2) is 48.7 Å². The predicted molar refractivity (Wildman–Crippen MR) is 129 cm³/mol. The SMILES string of the molecule is O=C(C#Cc1ccc(Cl)cc1)Nc1cc(-c2ncc(C(F)(F)F)[nH]2)ccc1OCCN1CCC(O)C1. The molecule has 11 heteroatoms. The van der Waals surface area contributed by atoms with E-state index in [2.05, 4.69) is 32.0 Å². The van der Waals surface area contributed by atoms with Crippen molar-refractivity contribution < 1.29 is 27.8 Å². The Morgan fingerprint density at radius 1 is 1.28 bits per heavy atom. The molecule has 3 N–H and O–H groups in total. The highest BCUT2D eigenvalue weighted by Gasteiger charge is 2.33. The summed E-state index contributed by atoms with van der Waals surface area (Å²) >= 11 is 5.85. The average Bonchev–Trinajstić information content (AvgIpc) is 3.49. The summed E-state index contributed by atoms with van der Waals surface area (Å²) in [6, 6.07) is 11.2. The lowest BCUT2D eigenvalue weighted by molar-refractivity contribution is -0.140. The summed E-state index contributed by atoms with van der Waals surface area (Å²) < 4.78 is 44.8. The van der Waals surface area contributed by atoms with Gasteiger partial charge in [0, 0.05) is 41.7 Å². The Morgan fingerprint density at radius 2 is 2.06 bits per heavy atom. The van der Waals surface area contributed by atoms with E-state index in [1.807, 2.05) is 0 Å². The summed E-state index contributed by atoms with van der Waals surface area (Å²) in [6.07, 6.45) is -3.51. The van der Waals surface area contributed by atoms with E-state index >= 15 is 0 Å². The van der Waals surface area contributed by atoms with Gasteiger partial charge in [-0.05, 0) is 48.9 Å². The summed E-state index contributed by atoms with van der Waals surface area (Å²) in [5.41, 5.74) is 0.156. The molecule has 0 radical (unpaired) electrons. The van der Waals surface area contributed by atoms with Crippen LogP contribution < -0.4 is 10.1 Å². The molecule has 2 heterocycles. The number of imidazole rings is 1. The van der Waals surface area contributed by atoms with Gasteiger partial charge in [-0.1, -0.05) is 17.5 Å². The van der Waals surface area contributed by atoms with E-state index in [0.29, 0.717) is 47.6 Å². The van der Waals surface area contributed by atoms with Crippen LogP contribution in [-0.4, -0.2) is 58.2 Å². The number of rotatable bonds is 6. The molecule has 4 rings (SSSR count). The molecule has 0 bridgehead atoms. The number of H-pyrrole nitrogens is 1. The van der Waals surface area contributed by atoms with Crippen molar-refractivity contribution in [1.29, 1.82) is 0 Å². The zero-order valence-corrected chi connectivity index (χ0v) is 19.7. The van der Waals surface area contributed by atoms with Crippen LogP contribution in [0, 0.1) is 11.8 Å². The van der Waals surface area contributed by atoms with E-state index in [-0.39, 0.29) is 24.2 Å². The van der Waals surface area contributed by atoms with Crippen molar-refractivity contribution in [2.45, 2.75) is 18.7 Å². The lowest BCUT2D eigenvalue weighted by atomic mass is 10.1. The Hall–Kier alpha value is -3.52. The number of carbonyl (C=O) groups is 1. The van der Waals surface area contributed by atoms with Gasteiger partial charge in [-0.2, -0.15) is 13.2 Å². The molecule has 3 aromatic rings. The molecule has 1 fully saturated rings. The third-order valence-corrected chi connectivity index (χ3v) is 5.71. The van der Waals surface area contributed by atoms with Gasteiger partial charge in [-0.3, -0.25) is 9.69 Å². The summed E-state index contributed by atoms with van der Waals surface area (Å²) in [6.45, 7) is 2.17. The van der Waals surface area contributed by atoms with Crippen molar-refractivity contribution in [3.8, 4) is 29.0 Å². The molecule has 7 nitrogen and oxygen atoms in total. The molecule has 188 valence electrons. The molecular formula is C25H22ClF3N4O3. The molecule has 1 atom stereocenters. The lowest BCUT2D eigenvalue weighted by Crippen LogP contribution is -2.27. The lowest BCUT2D eigenvalue weighted by Gasteiger charge is -2.17. The number of halogens is 4. The van der Waals surface area contributed by atoms with Gasteiger partial charge in [0.2, 0.25) is 0 Å². The predicted octanol–water partition coefficient (Wildman–Crippen LogP) is 4.18. The van der Waals surface area contributed by atoms with Gasteiger partial charge in [0.05, 0.1) is 18.0 Å². The third kappa shape index (κ3) is 6.79. The molecule has 1 aromatic heterocycles. The maximum absolute atomic E-state index is 13.0. The van der Waals surface area contributed by atoms with Crippen molar-refractivity contribution in [3.05, 3.63) is 64.9 Å². The first-order valence-electron chi connectivity index (χ1n) is 11.1. The fourth-order valence-electron chi connectivity index (χ4n) is 3.63. The molecule has 2 aromatic carbocycles. The van der Waals surface area contributed by atoms with Crippen molar-refractivity contribution >= 4 is 23.2 Å². The summed E-state index contributed by atoms with van der Waals surface area (Å²) in [4.78, 5) is 20.6. The number of hydrogen-bond acceptors (Lipinski definition) is 5. The zero-order chi connectivity index (χ0) is 25.7. The van der Waals surface area contributed by atoms with E-state index in [0.717, 1.165) is 6.54 Å². The first-order chi connectivity index (χ1) is 17.2. The van der Waals surface area contributed by atoms with Crippen molar-refractivity contribution in [1.82, 2.24) is 14.9 Å². The number of nitrogens with one attached hydrogen (secondary N) is 2. The average molecular weight is 519 g/mol. The molecule has 1 amide bonds. The second kappa shape index (κ2) is 11.0. The number of hydrogen-bond donors (Lipinski definition) is 3. The number of ether oxygens (including phenoxy) is 1. The highest BCUT2D eigenvalue weighted by atomic mass is 35.5. The van der Waals surface area contributed by atoms with E-state index in [1.54, 1.807) is 36.4 Å². The fraction of sp³-hybridized carbons (Fsp3) is 0.280. The molecule has 0 aliphatic carbocycles. The number of amides is 1. The molecule has 1 saturated heterocycles. The van der Waals surface area contributed by atoms with Crippen molar-refractivity contribution in [3.63, 3.8) is 0 Å². The van der Waals surface area contributed by atoms with E-state index in [1.165, 1.54) is 6.07 Å². The van der Waals surface area contributed by atoms with E-state index in [9.17, 15) is 23.1 Å². The number of β-amino-alcohol motifs (C(OH)–C–C–N with tert-alkyl or cyclic N) is 1. The number of nitrogens with zero attached hydrogens (tertiary/aromatic N) is 2. The van der Waals surface area contributed by atoms with Crippen LogP contribution in [-0.2, 0) is 11.0 Å². The number of alkyl halides is 3. The number of likely N-dealkylation sites (tertiary alicyclic amines) is 1. The summed E-state index contributed by atoms with van der Waals surface area (Å²) in [5.74, 6) is 4.88. The van der Waals surface area contributed by atoms with Gasteiger partial charge in [-0.15, -0.1) is 0 Å². The number of anilines is 1. The molecule has 1 aliphatic heterocycles. The maximum Gasteiger partial charge on any atom is 0.432 e. The Kier molecular flexibility index (Phi) is 7.84. The zero-order valence-electron chi connectivity index (χ0n) is 18.9. The number of benzene rings is 2. The van der Waals surface area contributed by atoms with Crippen LogP contribution in [0.25, 0.3) is 11.4 Å². The molecular weight excluding hydrogens is 497 g/mol. The van der Waals surface area contributed by atoms with Crippen LogP contribution in [0.4, 0.5) is 18.9 Å². The second-order valence-corrected chi connectivity index (χ2v) is 8.59. The van der Waals surface area contributed by atoms with Gasteiger partial charge in [0.15, 0.2) is 0 Å². The Labute approximate surface area is 210 Å². The first kappa shape index (κ1) is 25.6. The summed E-state index contributed by atoms with van der Waals surface area (Å²) in [7, 11) is 0. The number of aromatic nitrogens is 2. The van der Waals surface area contributed by atoms with Gasteiger partial charge in [0.1, 0.15) is 23.9 Å². The first-order valence-corrected chi connectivity index (χ1v) is 11.4. The van der Waals surface area contributed by atoms with Crippen LogP contribution in [0.5, 0.6) is 5.75 Å². The highest BCUT2D eigenvalue weighted by Crippen LogP contribution is 2.33. The number of carbonyl (C=O) groups excluding carboxylic acids is 1. The highest BCUT2D eigenvalue weighted by molar-refractivity contribution is 6.30. The largest absolute Gasteiger partial charge is 0.490 e. The Balaban J connectivity index is 1.53. The quantitative estimate of drug-likeness (QED) is 0.426. The Bertz CT molecular complexity index is 1280. The molecule has 1 aliphatic rings. The normalized spacial score (nSPS) is 15.9. The monoisotopic (exact) mass is 518 g/mol. The summed E-state index contributed by atoms with van der Waals surface area (Å²) in [5, 5.41) is 12.9. The molecule has 1 unspecified atom stereocenters. The molecule has 0 saturated carbocycles. The standard InChI is InChI=1S/C25H22ClF3N4O3/c26-18-5-1-16(2-6-18)3-8-23(35)31-20-13-17(24-30-14-22(32-24)25(27,28)29)4-7-21(20)36-12-11-33-10-9-19(34)15-33/h1-2,4-7,13-14,19,34H,9-12,15H2,(H,30,32)(H,31,35). The minimum absolute atomic E-state index is 0.0114. The van der Waals surface area contributed by atoms with Crippen LogP contribution in [0.3, 0.4) is 0 Å². The van der Waals surface area contributed by atoms with Crippen LogP contribution in [0.1, 0.15) is 17.7 Å². The van der Waals surface area contributed by atoms with Gasteiger partial charge in [0.25, 0.3) is 0 Å². The maximum atomic E-state index is 13.0. The smallest absolute Gasteiger partial charge is 0.432 e.